The van der Waals surface area contributed by atoms with Crippen molar-refractivity contribution in [2.24, 2.45) is 5.92 Å². The first-order chi connectivity index (χ1) is 11.1. The molecule has 122 valence electrons. The van der Waals surface area contributed by atoms with Gasteiger partial charge in [-0.25, -0.2) is 4.79 Å². The van der Waals surface area contributed by atoms with Crippen LogP contribution in [0, 0.1) is 5.92 Å². The number of carbonyl (C=O) groups is 3. The molecule has 2 atom stereocenters. The predicted molar refractivity (Wildman–Crippen MR) is 81.8 cm³/mol. The second-order valence-electron chi connectivity index (χ2n) is 5.85. The van der Waals surface area contributed by atoms with E-state index in [1.165, 1.54) is 0 Å². The van der Waals surface area contributed by atoms with Crippen LogP contribution in [0.4, 0.5) is 4.79 Å². The summed E-state index contributed by atoms with van der Waals surface area (Å²) in [6, 6.07) is 6.79. The Kier molecular flexibility index (Phi) is 4.45. The third-order valence-electron chi connectivity index (χ3n) is 4.06. The Labute approximate surface area is 133 Å². The van der Waals surface area contributed by atoms with Crippen molar-refractivity contribution in [3.63, 3.8) is 0 Å². The van der Waals surface area contributed by atoms with Gasteiger partial charge in [0, 0.05) is 18.9 Å². The number of fused-ring (bicyclic) bond motifs is 1. The molecule has 1 aromatic carbocycles. The average Bonchev–Trinajstić information content (AvgIpc) is 2.88. The van der Waals surface area contributed by atoms with Gasteiger partial charge < -0.3 is 15.4 Å². The van der Waals surface area contributed by atoms with Crippen LogP contribution in [0.5, 0.6) is 5.75 Å². The average molecular weight is 317 g/mol. The number of benzene rings is 1. The van der Waals surface area contributed by atoms with Crippen LogP contribution >= 0.6 is 0 Å². The SMILES string of the molecule is O=C(CCC1NC(=O)NC1=O)NCC1COc2ccccc2C1. The van der Waals surface area contributed by atoms with E-state index in [0.29, 0.717) is 19.6 Å². The van der Waals surface area contributed by atoms with E-state index in [9.17, 15) is 14.4 Å². The van der Waals surface area contributed by atoms with Gasteiger partial charge in [0.2, 0.25) is 5.91 Å². The lowest BCUT2D eigenvalue weighted by atomic mass is 9.96. The summed E-state index contributed by atoms with van der Waals surface area (Å²) in [5.74, 6) is 0.652. The van der Waals surface area contributed by atoms with Crippen molar-refractivity contribution >= 4 is 17.8 Å². The van der Waals surface area contributed by atoms with Gasteiger partial charge in [-0.15, -0.1) is 0 Å². The Morgan fingerprint density at radius 3 is 2.91 bits per heavy atom. The second kappa shape index (κ2) is 6.68. The smallest absolute Gasteiger partial charge is 0.322 e. The van der Waals surface area contributed by atoms with Crippen LogP contribution in [0.3, 0.4) is 0 Å². The molecule has 2 aliphatic rings. The number of hydrogen-bond acceptors (Lipinski definition) is 4. The first kappa shape index (κ1) is 15.3. The largest absolute Gasteiger partial charge is 0.493 e. The zero-order valence-corrected chi connectivity index (χ0v) is 12.6. The number of carbonyl (C=O) groups excluding carboxylic acids is 3. The first-order valence-electron chi connectivity index (χ1n) is 7.70. The number of urea groups is 1. The molecular formula is C16H19N3O4. The highest BCUT2D eigenvalue weighted by Gasteiger charge is 2.29. The molecule has 23 heavy (non-hydrogen) atoms. The maximum Gasteiger partial charge on any atom is 0.322 e. The van der Waals surface area contributed by atoms with E-state index in [2.05, 4.69) is 16.0 Å². The summed E-state index contributed by atoms with van der Waals surface area (Å²) in [7, 11) is 0. The molecule has 0 aromatic heterocycles. The molecule has 2 unspecified atom stereocenters. The normalized spacial score (nSPS) is 22.6. The molecule has 3 rings (SSSR count). The van der Waals surface area contributed by atoms with Crippen molar-refractivity contribution < 1.29 is 19.1 Å². The van der Waals surface area contributed by atoms with E-state index < -0.39 is 12.1 Å². The van der Waals surface area contributed by atoms with Gasteiger partial charge in [-0.1, -0.05) is 18.2 Å². The summed E-state index contributed by atoms with van der Waals surface area (Å²) >= 11 is 0. The molecule has 1 fully saturated rings. The topological polar surface area (TPSA) is 96.5 Å². The molecule has 0 radical (unpaired) electrons. The Morgan fingerprint density at radius 1 is 1.30 bits per heavy atom. The lowest BCUT2D eigenvalue weighted by Gasteiger charge is -2.25. The molecular weight excluding hydrogens is 298 g/mol. The van der Waals surface area contributed by atoms with Crippen LogP contribution in [0.15, 0.2) is 24.3 Å². The van der Waals surface area contributed by atoms with Crippen LogP contribution in [0.1, 0.15) is 18.4 Å². The van der Waals surface area contributed by atoms with Crippen molar-refractivity contribution in [3.05, 3.63) is 29.8 Å². The van der Waals surface area contributed by atoms with Crippen molar-refractivity contribution in [2.75, 3.05) is 13.2 Å². The maximum atomic E-state index is 11.9. The molecule has 2 heterocycles. The Balaban J connectivity index is 1.40. The number of hydrogen-bond donors (Lipinski definition) is 3. The molecule has 0 saturated carbocycles. The molecule has 7 nitrogen and oxygen atoms in total. The van der Waals surface area contributed by atoms with Gasteiger partial charge in [0.15, 0.2) is 0 Å². The fourth-order valence-corrected chi connectivity index (χ4v) is 2.81. The summed E-state index contributed by atoms with van der Waals surface area (Å²) in [4.78, 5) is 34.2. The minimum Gasteiger partial charge on any atom is -0.493 e. The van der Waals surface area contributed by atoms with E-state index >= 15 is 0 Å². The zero-order valence-electron chi connectivity index (χ0n) is 12.6. The summed E-state index contributed by atoms with van der Waals surface area (Å²) in [5.41, 5.74) is 1.16. The Morgan fingerprint density at radius 2 is 2.13 bits per heavy atom. The number of rotatable bonds is 5. The molecule has 7 heteroatoms. The number of ether oxygens (including phenoxy) is 1. The quantitative estimate of drug-likeness (QED) is 0.682. The Hall–Kier alpha value is -2.57. The van der Waals surface area contributed by atoms with Gasteiger partial charge in [-0.05, 0) is 24.5 Å². The highest BCUT2D eigenvalue weighted by molar-refractivity contribution is 6.04. The van der Waals surface area contributed by atoms with E-state index in [1.807, 2.05) is 24.3 Å². The fourth-order valence-electron chi connectivity index (χ4n) is 2.81. The standard InChI is InChI=1S/C16H19N3O4/c20-14(6-5-12-15(21)19-16(22)18-12)17-8-10-7-11-3-1-2-4-13(11)23-9-10/h1-4,10,12H,5-9H2,(H,17,20)(H2,18,19,21,22). The van der Waals surface area contributed by atoms with E-state index in [1.54, 1.807) is 0 Å². The van der Waals surface area contributed by atoms with Gasteiger partial charge in [0.05, 0.1) is 6.61 Å². The third kappa shape index (κ3) is 3.80. The number of nitrogens with one attached hydrogen (secondary N) is 3. The van der Waals surface area contributed by atoms with Crippen LogP contribution in [-0.4, -0.2) is 37.0 Å². The Bertz CT molecular complexity index is 632. The van der Waals surface area contributed by atoms with Gasteiger partial charge in [0.25, 0.3) is 5.91 Å². The summed E-state index contributed by atoms with van der Waals surface area (Å²) < 4.78 is 5.68. The molecule has 0 aliphatic carbocycles. The lowest BCUT2D eigenvalue weighted by molar-refractivity contribution is -0.122. The molecule has 1 aromatic rings. The summed E-state index contributed by atoms with van der Waals surface area (Å²) in [6.45, 7) is 1.12. The molecule has 2 aliphatic heterocycles. The lowest BCUT2D eigenvalue weighted by Crippen LogP contribution is -2.36. The fraction of sp³-hybridized carbons (Fsp3) is 0.438. The highest BCUT2D eigenvalue weighted by atomic mass is 16.5. The molecule has 0 spiro atoms. The van der Waals surface area contributed by atoms with E-state index in [0.717, 1.165) is 17.7 Å². The van der Waals surface area contributed by atoms with Gasteiger partial charge >= 0.3 is 6.03 Å². The predicted octanol–water partition coefficient (Wildman–Crippen LogP) is 0.342. The van der Waals surface area contributed by atoms with Crippen LogP contribution in [0.25, 0.3) is 0 Å². The number of imide groups is 1. The van der Waals surface area contributed by atoms with Crippen LogP contribution in [-0.2, 0) is 16.0 Å². The first-order valence-corrected chi connectivity index (χ1v) is 7.70. The van der Waals surface area contributed by atoms with Gasteiger partial charge in [0.1, 0.15) is 11.8 Å². The van der Waals surface area contributed by atoms with Crippen molar-refractivity contribution in [1.82, 2.24) is 16.0 Å². The number of para-hydroxylation sites is 1. The maximum absolute atomic E-state index is 11.9. The minimum absolute atomic E-state index is 0.127. The molecule has 1 saturated heterocycles. The molecule has 0 bridgehead atoms. The van der Waals surface area contributed by atoms with Crippen molar-refractivity contribution in [1.29, 1.82) is 0 Å². The second-order valence-corrected chi connectivity index (χ2v) is 5.85. The van der Waals surface area contributed by atoms with Crippen molar-refractivity contribution in [2.45, 2.75) is 25.3 Å². The van der Waals surface area contributed by atoms with E-state index in [-0.39, 0.29) is 24.2 Å². The van der Waals surface area contributed by atoms with Crippen LogP contribution < -0.4 is 20.7 Å². The number of amides is 4. The third-order valence-corrected chi connectivity index (χ3v) is 4.06. The summed E-state index contributed by atoms with van der Waals surface area (Å²) in [5, 5.41) is 7.49. The molecule has 3 N–H and O–H groups in total. The zero-order chi connectivity index (χ0) is 16.2. The minimum atomic E-state index is -0.613. The highest BCUT2D eigenvalue weighted by Crippen LogP contribution is 2.26. The van der Waals surface area contributed by atoms with E-state index in [4.69, 9.17) is 4.74 Å². The van der Waals surface area contributed by atoms with Crippen molar-refractivity contribution in [3.8, 4) is 5.75 Å². The molecule has 4 amide bonds. The monoisotopic (exact) mass is 317 g/mol. The van der Waals surface area contributed by atoms with Gasteiger partial charge in [-0.2, -0.15) is 0 Å². The van der Waals surface area contributed by atoms with Crippen LogP contribution in [0.2, 0.25) is 0 Å². The summed E-state index contributed by atoms with van der Waals surface area (Å²) in [6.07, 6.45) is 1.37. The van der Waals surface area contributed by atoms with Gasteiger partial charge in [-0.3, -0.25) is 14.9 Å².